The Labute approximate surface area is 131 Å². The molecule has 2 rings (SSSR count). The van der Waals surface area contributed by atoms with Crippen LogP contribution in [0.3, 0.4) is 0 Å². The lowest BCUT2D eigenvalue weighted by molar-refractivity contribution is 0.0687. The average Bonchev–Trinajstić information content (AvgIpc) is 2.47. The number of hydrogen-bond acceptors (Lipinski definition) is 4. The fourth-order valence-electron chi connectivity index (χ4n) is 1.44. The van der Waals surface area contributed by atoms with E-state index >= 15 is 0 Å². The summed E-state index contributed by atoms with van der Waals surface area (Å²) in [7, 11) is 1.47. The highest BCUT2D eigenvalue weighted by Gasteiger charge is 2.12. The van der Waals surface area contributed by atoms with Crippen molar-refractivity contribution < 1.29 is 19.8 Å². The third-order valence-electron chi connectivity index (χ3n) is 2.47. The normalized spacial score (nSPS) is 9.36. The van der Waals surface area contributed by atoms with Gasteiger partial charge in [0.1, 0.15) is 5.75 Å². The van der Waals surface area contributed by atoms with E-state index in [1.54, 1.807) is 24.3 Å². The van der Waals surface area contributed by atoms with Crippen molar-refractivity contribution in [3.8, 4) is 16.9 Å². The first-order valence-electron chi connectivity index (χ1n) is 6.00. The molecule has 7 nitrogen and oxygen atoms in total. The number of hydrogen-bond donors (Lipinski definition) is 4. The standard InChI is InChI=1S/C12H8ClNO3.C2H6N2O/c13-9-3-1-2-7(4-9)8-5-10(15)11(12(16)17)14-6-8;1-4-2(3)5/h1-6,15H,(H,16,17);1H3,(H3,3,4,5). The van der Waals surface area contributed by atoms with Crippen molar-refractivity contribution in [2.24, 2.45) is 5.73 Å². The minimum absolute atomic E-state index is 0.365. The summed E-state index contributed by atoms with van der Waals surface area (Å²) < 4.78 is 0. The molecule has 5 N–H and O–H groups in total. The van der Waals surface area contributed by atoms with Gasteiger partial charge in [-0.1, -0.05) is 23.7 Å². The van der Waals surface area contributed by atoms with Gasteiger partial charge in [-0.05, 0) is 23.8 Å². The molecule has 0 atom stereocenters. The van der Waals surface area contributed by atoms with E-state index in [1.165, 1.54) is 19.3 Å². The van der Waals surface area contributed by atoms with Gasteiger partial charge >= 0.3 is 12.0 Å². The number of aromatic hydroxyl groups is 1. The number of carbonyl (C=O) groups excluding carboxylic acids is 1. The number of benzene rings is 1. The Morgan fingerprint density at radius 2 is 1.91 bits per heavy atom. The van der Waals surface area contributed by atoms with Crippen LogP contribution >= 0.6 is 11.6 Å². The highest BCUT2D eigenvalue weighted by atomic mass is 35.5. The Hall–Kier alpha value is -2.80. The van der Waals surface area contributed by atoms with Gasteiger partial charge in [0.2, 0.25) is 0 Å². The summed E-state index contributed by atoms with van der Waals surface area (Å²) in [6, 6.07) is 7.85. The van der Waals surface area contributed by atoms with Gasteiger partial charge in [0.15, 0.2) is 5.69 Å². The Bertz CT molecular complexity index is 692. The molecule has 0 bridgehead atoms. The van der Waals surface area contributed by atoms with Gasteiger partial charge in [-0.15, -0.1) is 0 Å². The van der Waals surface area contributed by atoms with Crippen molar-refractivity contribution in [2.45, 2.75) is 0 Å². The third-order valence-corrected chi connectivity index (χ3v) is 2.71. The monoisotopic (exact) mass is 323 g/mol. The molecular formula is C14H14ClN3O4. The van der Waals surface area contributed by atoms with Crippen molar-refractivity contribution in [1.29, 1.82) is 0 Å². The number of nitrogens with two attached hydrogens (primary N) is 1. The first-order chi connectivity index (χ1) is 10.3. The van der Waals surface area contributed by atoms with Gasteiger partial charge < -0.3 is 21.3 Å². The summed E-state index contributed by atoms with van der Waals surface area (Å²) >= 11 is 5.84. The summed E-state index contributed by atoms with van der Waals surface area (Å²) in [4.78, 5) is 23.9. The molecule has 116 valence electrons. The zero-order chi connectivity index (χ0) is 16.7. The van der Waals surface area contributed by atoms with E-state index in [-0.39, 0.29) is 11.4 Å². The molecule has 0 unspecified atom stereocenters. The second-order valence-electron chi connectivity index (χ2n) is 4.02. The lowest BCUT2D eigenvalue weighted by atomic mass is 10.1. The van der Waals surface area contributed by atoms with Gasteiger partial charge in [-0.3, -0.25) is 0 Å². The van der Waals surface area contributed by atoms with E-state index in [9.17, 15) is 14.7 Å². The lowest BCUT2D eigenvalue weighted by Gasteiger charge is -2.04. The fraction of sp³-hybridized carbons (Fsp3) is 0.0714. The molecule has 8 heteroatoms. The van der Waals surface area contributed by atoms with Crippen LogP contribution in [-0.4, -0.2) is 34.2 Å². The number of carboxylic acid groups (broad SMARTS) is 1. The van der Waals surface area contributed by atoms with Crippen LogP contribution in [0.1, 0.15) is 10.5 Å². The SMILES string of the molecule is CNC(N)=O.O=C(O)c1ncc(-c2cccc(Cl)c2)cc1O. The molecule has 0 aliphatic rings. The van der Waals surface area contributed by atoms with Crippen molar-refractivity contribution in [3.05, 3.63) is 47.2 Å². The number of nitrogens with zero attached hydrogens (tertiary/aromatic N) is 1. The van der Waals surface area contributed by atoms with Gasteiger partial charge in [0.25, 0.3) is 0 Å². The number of urea groups is 1. The highest BCUT2D eigenvalue weighted by Crippen LogP contribution is 2.26. The molecule has 0 saturated heterocycles. The molecule has 22 heavy (non-hydrogen) atoms. The molecule has 0 aliphatic heterocycles. The number of nitrogens with one attached hydrogen (secondary N) is 1. The molecule has 0 fully saturated rings. The predicted molar refractivity (Wildman–Crippen MR) is 82.0 cm³/mol. The molecule has 2 aromatic rings. The number of carbonyl (C=O) groups is 2. The highest BCUT2D eigenvalue weighted by molar-refractivity contribution is 6.30. The molecule has 2 amide bonds. The fourth-order valence-corrected chi connectivity index (χ4v) is 1.63. The van der Waals surface area contributed by atoms with E-state index in [2.05, 4.69) is 16.0 Å². The predicted octanol–water partition coefficient (Wildman–Crippen LogP) is 2.09. The van der Waals surface area contributed by atoms with Crippen LogP contribution in [0.15, 0.2) is 36.5 Å². The number of primary amides is 1. The van der Waals surface area contributed by atoms with E-state index in [0.717, 1.165) is 5.56 Å². The summed E-state index contributed by atoms with van der Waals surface area (Å²) in [5.41, 5.74) is 5.54. The molecule has 0 spiro atoms. The summed E-state index contributed by atoms with van der Waals surface area (Å²) in [6.45, 7) is 0. The Balaban J connectivity index is 0.000000422. The van der Waals surface area contributed by atoms with Crippen molar-refractivity contribution in [3.63, 3.8) is 0 Å². The number of carboxylic acids is 1. The van der Waals surface area contributed by atoms with Gasteiger partial charge in [-0.2, -0.15) is 0 Å². The smallest absolute Gasteiger partial charge is 0.358 e. The number of amides is 2. The zero-order valence-corrected chi connectivity index (χ0v) is 12.3. The average molecular weight is 324 g/mol. The van der Waals surface area contributed by atoms with E-state index in [0.29, 0.717) is 10.6 Å². The van der Waals surface area contributed by atoms with Gasteiger partial charge in [0, 0.05) is 23.8 Å². The van der Waals surface area contributed by atoms with Crippen molar-refractivity contribution in [2.75, 3.05) is 7.05 Å². The Kier molecular flexibility index (Phi) is 6.15. The number of aromatic nitrogens is 1. The lowest BCUT2D eigenvalue weighted by Crippen LogP contribution is -2.24. The zero-order valence-electron chi connectivity index (χ0n) is 11.6. The number of pyridine rings is 1. The minimum atomic E-state index is -1.26. The Morgan fingerprint density at radius 1 is 1.27 bits per heavy atom. The largest absolute Gasteiger partial charge is 0.505 e. The van der Waals surface area contributed by atoms with Gasteiger partial charge in [0.05, 0.1) is 0 Å². The van der Waals surface area contributed by atoms with Crippen LogP contribution in [0, 0.1) is 0 Å². The molecular weight excluding hydrogens is 310 g/mol. The molecule has 0 radical (unpaired) electrons. The topological polar surface area (TPSA) is 126 Å². The number of aromatic carboxylic acids is 1. The maximum absolute atomic E-state index is 10.7. The molecule has 1 heterocycles. The van der Waals surface area contributed by atoms with Crippen LogP contribution in [0.4, 0.5) is 4.79 Å². The quantitative estimate of drug-likeness (QED) is 0.673. The van der Waals surface area contributed by atoms with Crippen LogP contribution in [0.2, 0.25) is 5.02 Å². The van der Waals surface area contributed by atoms with E-state index < -0.39 is 12.0 Å². The first-order valence-corrected chi connectivity index (χ1v) is 6.38. The third kappa shape index (κ3) is 4.95. The molecule has 1 aromatic carbocycles. The van der Waals surface area contributed by atoms with Crippen LogP contribution in [-0.2, 0) is 0 Å². The maximum atomic E-state index is 10.7. The minimum Gasteiger partial charge on any atom is -0.505 e. The summed E-state index contributed by atoms with van der Waals surface area (Å²) in [5.74, 6) is -1.63. The van der Waals surface area contributed by atoms with Crippen LogP contribution in [0.25, 0.3) is 11.1 Å². The van der Waals surface area contributed by atoms with E-state index in [4.69, 9.17) is 16.7 Å². The van der Waals surface area contributed by atoms with E-state index in [1.807, 2.05) is 0 Å². The molecule has 0 aliphatic carbocycles. The first kappa shape index (κ1) is 17.3. The summed E-state index contributed by atoms with van der Waals surface area (Å²) in [6.07, 6.45) is 1.38. The second-order valence-corrected chi connectivity index (χ2v) is 4.46. The van der Waals surface area contributed by atoms with Crippen LogP contribution < -0.4 is 11.1 Å². The van der Waals surface area contributed by atoms with Gasteiger partial charge in [-0.25, -0.2) is 14.6 Å². The number of halogens is 1. The van der Waals surface area contributed by atoms with Crippen molar-refractivity contribution >= 4 is 23.6 Å². The molecule has 0 saturated carbocycles. The summed E-state index contributed by atoms with van der Waals surface area (Å²) in [5, 5.41) is 21.0. The van der Waals surface area contributed by atoms with Crippen molar-refractivity contribution in [1.82, 2.24) is 10.3 Å². The Morgan fingerprint density at radius 3 is 2.36 bits per heavy atom. The maximum Gasteiger partial charge on any atom is 0.358 e. The van der Waals surface area contributed by atoms with Crippen LogP contribution in [0.5, 0.6) is 5.75 Å². The second kappa shape index (κ2) is 7.84. The molecule has 1 aromatic heterocycles. The number of rotatable bonds is 2.